The number of benzene rings is 1. The maximum atomic E-state index is 13.3. The third-order valence-electron chi connectivity index (χ3n) is 5.35. The Morgan fingerprint density at radius 2 is 1.90 bits per heavy atom. The number of rotatable bonds is 3. The Balaban J connectivity index is 1.78. The number of carbonyl (C=O) groups is 2. The predicted molar refractivity (Wildman–Crippen MR) is 114 cm³/mol. The molecular formula is C23H22ClN3O2. The Labute approximate surface area is 174 Å². The highest BCUT2D eigenvalue weighted by Gasteiger charge is 2.38. The molecule has 1 aromatic carbocycles. The van der Waals surface area contributed by atoms with E-state index in [9.17, 15) is 9.59 Å². The van der Waals surface area contributed by atoms with E-state index in [4.69, 9.17) is 11.6 Å². The monoisotopic (exact) mass is 407 g/mol. The number of pyridine rings is 1. The number of hydrogen-bond donors (Lipinski definition) is 2. The molecule has 6 heteroatoms. The zero-order chi connectivity index (χ0) is 20.5. The molecule has 2 heterocycles. The topological polar surface area (TPSA) is 71.1 Å². The van der Waals surface area contributed by atoms with Crippen molar-refractivity contribution in [3.8, 4) is 0 Å². The highest BCUT2D eigenvalue weighted by Crippen LogP contribution is 2.42. The van der Waals surface area contributed by atoms with Gasteiger partial charge in [-0.05, 0) is 56.5 Å². The Hall–Kier alpha value is -2.92. The van der Waals surface area contributed by atoms with Crippen LogP contribution in [0.2, 0.25) is 5.02 Å². The average Bonchev–Trinajstić information content (AvgIpc) is 2.67. The lowest BCUT2D eigenvalue weighted by molar-refractivity contribution is -0.116. The second-order valence-electron chi connectivity index (χ2n) is 7.44. The SMILES string of the molecule is CC1=C(C(=O)Nc2cccc(C)n2)[C@H](c2ccc(Cl)cc2)C2=C(CCCC2=O)N1. The first-order valence-electron chi connectivity index (χ1n) is 9.68. The van der Waals surface area contributed by atoms with Gasteiger partial charge in [-0.3, -0.25) is 9.59 Å². The molecule has 2 aliphatic rings. The predicted octanol–water partition coefficient (Wildman–Crippen LogP) is 4.65. The van der Waals surface area contributed by atoms with Gasteiger partial charge in [-0.1, -0.05) is 29.8 Å². The van der Waals surface area contributed by atoms with E-state index in [1.54, 1.807) is 18.2 Å². The molecule has 0 fully saturated rings. The van der Waals surface area contributed by atoms with Crippen LogP contribution in [0.1, 0.15) is 43.4 Å². The minimum Gasteiger partial charge on any atom is -0.362 e. The number of ketones is 1. The van der Waals surface area contributed by atoms with Crippen molar-refractivity contribution in [2.24, 2.45) is 0 Å². The zero-order valence-electron chi connectivity index (χ0n) is 16.4. The van der Waals surface area contributed by atoms with Gasteiger partial charge in [-0.15, -0.1) is 0 Å². The summed E-state index contributed by atoms with van der Waals surface area (Å²) in [6.07, 6.45) is 2.12. The third kappa shape index (κ3) is 3.83. The van der Waals surface area contributed by atoms with Crippen LogP contribution >= 0.6 is 11.6 Å². The summed E-state index contributed by atoms with van der Waals surface area (Å²) in [6.45, 7) is 3.75. The highest BCUT2D eigenvalue weighted by molar-refractivity contribution is 6.30. The van der Waals surface area contributed by atoms with Crippen LogP contribution in [0.25, 0.3) is 0 Å². The number of nitrogens with zero attached hydrogens (tertiary/aromatic N) is 1. The van der Waals surface area contributed by atoms with Gasteiger partial charge < -0.3 is 10.6 Å². The Bertz CT molecular complexity index is 1050. The van der Waals surface area contributed by atoms with Crippen LogP contribution in [0.3, 0.4) is 0 Å². The van der Waals surface area contributed by atoms with Gasteiger partial charge >= 0.3 is 0 Å². The molecule has 0 radical (unpaired) electrons. The van der Waals surface area contributed by atoms with Crippen molar-refractivity contribution in [3.63, 3.8) is 0 Å². The number of halogens is 1. The molecule has 2 N–H and O–H groups in total. The van der Waals surface area contributed by atoms with Gasteiger partial charge in [-0.25, -0.2) is 4.98 Å². The van der Waals surface area contributed by atoms with Crippen LogP contribution in [-0.2, 0) is 9.59 Å². The molecule has 5 nitrogen and oxygen atoms in total. The summed E-state index contributed by atoms with van der Waals surface area (Å²) in [5.74, 6) is -0.121. The number of nitrogens with one attached hydrogen (secondary N) is 2. The van der Waals surface area contributed by atoms with Crippen LogP contribution in [-0.4, -0.2) is 16.7 Å². The normalized spacial score (nSPS) is 19.0. The van der Waals surface area contributed by atoms with Crippen LogP contribution in [0, 0.1) is 6.92 Å². The van der Waals surface area contributed by atoms with Crippen molar-refractivity contribution in [1.82, 2.24) is 10.3 Å². The van der Waals surface area contributed by atoms with Gasteiger partial charge in [0.2, 0.25) is 0 Å². The minimum absolute atomic E-state index is 0.0881. The summed E-state index contributed by atoms with van der Waals surface area (Å²) in [7, 11) is 0. The van der Waals surface area contributed by atoms with Gasteiger partial charge in [0.1, 0.15) is 5.82 Å². The summed E-state index contributed by atoms with van der Waals surface area (Å²) >= 11 is 6.08. The summed E-state index contributed by atoms with van der Waals surface area (Å²) in [4.78, 5) is 30.5. The molecule has 29 heavy (non-hydrogen) atoms. The Morgan fingerprint density at radius 1 is 1.14 bits per heavy atom. The van der Waals surface area contributed by atoms with Crippen molar-refractivity contribution in [2.75, 3.05) is 5.32 Å². The fourth-order valence-electron chi connectivity index (χ4n) is 4.07. The summed E-state index contributed by atoms with van der Waals surface area (Å²) in [6, 6.07) is 12.8. The quantitative estimate of drug-likeness (QED) is 0.776. The maximum absolute atomic E-state index is 13.3. The number of dihydropyridines is 1. The van der Waals surface area contributed by atoms with Gasteiger partial charge in [0, 0.05) is 45.6 Å². The zero-order valence-corrected chi connectivity index (χ0v) is 17.1. The molecule has 1 aromatic heterocycles. The van der Waals surface area contributed by atoms with E-state index in [1.807, 2.05) is 38.1 Å². The maximum Gasteiger partial charge on any atom is 0.255 e. The Morgan fingerprint density at radius 3 is 2.62 bits per heavy atom. The van der Waals surface area contributed by atoms with E-state index in [-0.39, 0.29) is 11.7 Å². The number of amides is 1. The van der Waals surface area contributed by atoms with Gasteiger partial charge in [0.05, 0.1) is 0 Å². The largest absolute Gasteiger partial charge is 0.362 e. The molecule has 2 aromatic rings. The molecule has 1 aliphatic heterocycles. The molecule has 0 spiro atoms. The molecule has 0 saturated heterocycles. The van der Waals surface area contributed by atoms with Crippen molar-refractivity contribution in [2.45, 2.75) is 39.0 Å². The third-order valence-corrected chi connectivity index (χ3v) is 5.61. The van der Waals surface area contributed by atoms with Gasteiger partial charge in [-0.2, -0.15) is 0 Å². The number of aromatic nitrogens is 1. The first-order valence-corrected chi connectivity index (χ1v) is 10.1. The molecular weight excluding hydrogens is 386 g/mol. The molecule has 4 rings (SSSR count). The van der Waals surface area contributed by atoms with E-state index in [1.165, 1.54) is 0 Å². The molecule has 0 unspecified atom stereocenters. The molecule has 1 amide bonds. The lowest BCUT2D eigenvalue weighted by atomic mass is 9.75. The number of carbonyl (C=O) groups excluding carboxylic acids is 2. The first-order chi connectivity index (χ1) is 13.9. The summed E-state index contributed by atoms with van der Waals surface area (Å²) < 4.78 is 0. The lowest BCUT2D eigenvalue weighted by Crippen LogP contribution is -2.35. The van der Waals surface area contributed by atoms with Gasteiger partial charge in [0.15, 0.2) is 5.78 Å². The smallest absolute Gasteiger partial charge is 0.255 e. The van der Waals surface area contributed by atoms with E-state index in [0.717, 1.165) is 35.5 Å². The van der Waals surface area contributed by atoms with E-state index < -0.39 is 5.92 Å². The number of aryl methyl sites for hydroxylation is 1. The average molecular weight is 408 g/mol. The molecule has 148 valence electrons. The standard InChI is InChI=1S/C23H22ClN3O2/c1-13-5-3-8-19(25-13)27-23(29)20-14(2)26-17-6-4-7-18(28)22(17)21(20)15-9-11-16(24)12-10-15/h3,5,8-12,21,26H,4,6-7H2,1-2H3,(H,25,27,29)/t21-/m0/s1. The number of Topliss-reactive ketones (excluding diaryl/α,β-unsaturated/α-hetero) is 1. The molecule has 0 saturated carbocycles. The second kappa shape index (κ2) is 7.84. The van der Waals surface area contributed by atoms with E-state index in [0.29, 0.717) is 28.4 Å². The van der Waals surface area contributed by atoms with Crippen LogP contribution < -0.4 is 10.6 Å². The highest BCUT2D eigenvalue weighted by atomic mass is 35.5. The molecule has 1 aliphatic carbocycles. The fraction of sp³-hybridized carbons (Fsp3) is 0.261. The van der Waals surface area contributed by atoms with Crippen molar-refractivity contribution < 1.29 is 9.59 Å². The van der Waals surface area contributed by atoms with E-state index >= 15 is 0 Å². The first kappa shape index (κ1) is 19.4. The van der Waals surface area contributed by atoms with Gasteiger partial charge in [0.25, 0.3) is 5.91 Å². The van der Waals surface area contributed by atoms with Crippen molar-refractivity contribution in [1.29, 1.82) is 0 Å². The lowest BCUT2D eigenvalue weighted by Gasteiger charge is -2.34. The second-order valence-corrected chi connectivity index (χ2v) is 7.87. The summed E-state index contributed by atoms with van der Waals surface area (Å²) in [5.41, 5.74) is 4.58. The van der Waals surface area contributed by atoms with Crippen molar-refractivity contribution in [3.05, 3.63) is 81.3 Å². The number of anilines is 1. The van der Waals surface area contributed by atoms with Crippen molar-refractivity contribution >= 4 is 29.1 Å². The molecule has 0 bridgehead atoms. The number of hydrogen-bond acceptors (Lipinski definition) is 4. The summed E-state index contributed by atoms with van der Waals surface area (Å²) in [5, 5.41) is 6.83. The number of allylic oxidation sites excluding steroid dienone is 3. The van der Waals surface area contributed by atoms with E-state index in [2.05, 4.69) is 15.6 Å². The van der Waals surface area contributed by atoms with Crippen LogP contribution in [0.5, 0.6) is 0 Å². The van der Waals surface area contributed by atoms with Crippen LogP contribution in [0.15, 0.2) is 65.0 Å². The van der Waals surface area contributed by atoms with Crippen LogP contribution in [0.4, 0.5) is 5.82 Å². The molecule has 1 atom stereocenters. The fourth-order valence-corrected chi connectivity index (χ4v) is 4.20. The Kier molecular flexibility index (Phi) is 5.24. The minimum atomic E-state index is -0.430.